The molecule has 10 heteroatoms. The van der Waals surface area contributed by atoms with Crippen molar-refractivity contribution in [1.82, 2.24) is 14.8 Å². The number of nitrogens with zero attached hydrogens (tertiary/aromatic N) is 4. The van der Waals surface area contributed by atoms with Crippen molar-refractivity contribution in [3.05, 3.63) is 46.8 Å². The lowest BCUT2D eigenvalue weighted by Gasteiger charge is -2.18. The third-order valence-corrected chi connectivity index (χ3v) is 6.80. The molecule has 0 aliphatic carbocycles. The fourth-order valence-electron chi connectivity index (χ4n) is 3.47. The molecule has 1 fully saturated rings. The number of esters is 1. The molecule has 1 N–H and O–H groups in total. The van der Waals surface area contributed by atoms with Crippen molar-refractivity contribution in [2.75, 3.05) is 35.7 Å². The predicted octanol–water partition coefficient (Wildman–Crippen LogP) is 4.14. The molecule has 1 aliphatic heterocycles. The molecule has 168 valence electrons. The number of thiophene rings is 1. The van der Waals surface area contributed by atoms with Gasteiger partial charge in [-0.3, -0.25) is 9.36 Å². The van der Waals surface area contributed by atoms with Crippen LogP contribution in [0.3, 0.4) is 0 Å². The van der Waals surface area contributed by atoms with Gasteiger partial charge in [0.05, 0.1) is 23.6 Å². The van der Waals surface area contributed by atoms with E-state index in [0.717, 1.165) is 37.6 Å². The first-order valence-electron chi connectivity index (χ1n) is 10.5. The second-order valence-electron chi connectivity index (χ2n) is 7.37. The summed E-state index contributed by atoms with van der Waals surface area (Å²) >= 11 is 2.61. The lowest BCUT2D eigenvalue weighted by Crippen LogP contribution is -2.22. The van der Waals surface area contributed by atoms with Gasteiger partial charge in [0, 0.05) is 13.1 Å². The third kappa shape index (κ3) is 4.97. The Balaban J connectivity index is 1.50. The number of rotatable bonds is 8. The number of hydrogen-bond acceptors (Lipinski definition) is 8. The number of anilines is 2. The molecule has 1 saturated heterocycles. The van der Waals surface area contributed by atoms with Crippen LogP contribution in [0, 0.1) is 6.92 Å². The second-order valence-corrected chi connectivity index (χ2v) is 9.23. The molecule has 2 aromatic heterocycles. The highest BCUT2D eigenvalue weighted by Gasteiger charge is 2.23. The largest absolute Gasteiger partial charge is 0.462 e. The molecule has 3 heterocycles. The SMILES string of the molecule is CCOC(=O)c1ccsc1NC(=O)CSc1nnc(N2CCCC2)n1-c1ccc(C)cc1. The van der Waals surface area contributed by atoms with E-state index in [1.807, 2.05) is 23.6 Å². The smallest absolute Gasteiger partial charge is 0.341 e. The van der Waals surface area contributed by atoms with E-state index in [0.29, 0.717) is 15.7 Å². The maximum Gasteiger partial charge on any atom is 0.341 e. The molecule has 4 rings (SSSR count). The zero-order chi connectivity index (χ0) is 22.5. The molecule has 0 spiro atoms. The number of aromatic nitrogens is 3. The van der Waals surface area contributed by atoms with Gasteiger partial charge in [-0.25, -0.2) is 4.79 Å². The van der Waals surface area contributed by atoms with Crippen LogP contribution in [0.4, 0.5) is 10.9 Å². The monoisotopic (exact) mass is 471 g/mol. The Bertz CT molecular complexity index is 1090. The van der Waals surface area contributed by atoms with Gasteiger partial charge in [-0.05, 0) is 50.3 Å². The first-order chi connectivity index (χ1) is 15.6. The van der Waals surface area contributed by atoms with Crippen LogP contribution < -0.4 is 10.2 Å². The fourth-order valence-corrected chi connectivity index (χ4v) is 5.00. The van der Waals surface area contributed by atoms with E-state index in [4.69, 9.17) is 4.74 Å². The zero-order valence-electron chi connectivity index (χ0n) is 18.0. The van der Waals surface area contributed by atoms with Crippen molar-refractivity contribution in [2.24, 2.45) is 0 Å². The molecule has 3 aromatic rings. The van der Waals surface area contributed by atoms with Crippen LogP contribution in [0.2, 0.25) is 0 Å². The van der Waals surface area contributed by atoms with Gasteiger partial charge in [-0.2, -0.15) is 0 Å². The summed E-state index contributed by atoms with van der Waals surface area (Å²) < 4.78 is 7.06. The Hall–Kier alpha value is -2.85. The van der Waals surface area contributed by atoms with Crippen LogP contribution in [0.1, 0.15) is 35.7 Å². The van der Waals surface area contributed by atoms with Gasteiger partial charge in [-0.15, -0.1) is 21.5 Å². The lowest BCUT2D eigenvalue weighted by atomic mass is 10.2. The summed E-state index contributed by atoms with van der Waals surface area (Å²) in [5.74, 6) is 0.289. The Morgan fingerprint density at radius 1 is 1.16 bits per heavy atom. The summed E-state index contributed by atoms with van der Waals surface area (Å²) in [7, 11) is 0. The zero-order valence-corrected chi connectivity index (χ0v) is 19.7. The summed E-state index contributed by atoms with van der Waals surface area (Å²) in [6.07, 6.45) is 2.27. The van der Waals surface area contributed by atoms with Gasteiger partial charge in [-0.1, -0.05) is 29.5 Å². The number of ether oxygens (including phenoxy) is 1. The van der Waals surface area contributed by atoms with Crippen molar-refractivity contribution in [3.8, 4) is 5.69 Å². The number of nitrogens with one attached hydrogen (secondary N) is 1. The molecule has 0 radical (unpaired) electrons. The Labute approximate surface area is 195 Å². The van der Waals surface area contributed by atoms with Crippen molar-refractivity contribution in [1.29, 1.82) is 0 Å². The average molecular weight is 472 g/mol. The molecular formula is C22H25N5O3S2. The highest BCUT2D eigenvalue weighted by Crippen LogP contribution is 2.29. The standard InChI is InChI=1S/C22H25N5O3S2/c1-3-30-20(29)17-10-13-31-19(17)23-18(28)14-32-22-25-24-21(26-11-4-5-12-26)27(22)16-8-6-15(2)7-9-16/h6-10,13H,3-5,11-12,14H2,1-2H3,(H,23,28). The number of carbonyl (C=O) groups is 2. The van der Waals surface area contributed by atoms with Crippen LogP contribution in [0.15, 0.2) is 40.9 Å². The predicted molar refractivity (Wildman–Crippen MR) is 127 cm³/mol. The van der Waals surface area contributed by atoms with E-state index in [2.05, 4.69) is 32.5 Å². The number of carbonyl (C=O) groups excluding carboxylic acids is 2. The Morgan fingerprint density at radius 3 is 2.62 bits per heavy atom. The van der Waals surface area contributed by atoms with E-state index < -0.39 is 5.97 Å². The quantitative estimate of drug-likeness (QED) is 0.390. The number of amides is 1. The van der Waals surface area contributed by atoms with E-state index in [1.165, 1.54) is 28.7 Å². The van der Waals surface area contributed by atoms with Crippen LogP contribution in [-0.2, 0) is 9.53 Å². The maximum atomic E-state index is 12.6. The Morgan fingerprint density at radius 2 is 1.91 bits per heavy atom. The normalized spacial score (nSPS) is 13.4. The molecule has 1 aliphatic rings. The number of benzene rings is 1. The molecular weight excluding hydrogens is 446 g/mol. The molecule has 1 amide bonds. The van der Waals surface area contributed by atoms with E-state index >= 15 is 0 Å². The summed E-state index contributed by atoms with van der Waals surface area (Å²) in [5, 5.41) is 14.5. The number of thioether (sulfide) groups is 1. The summed E-state index contributed by atoms with van der Waals surface area (Å²) in [4.78, 5) is 26.9. The molecule has 0 saturated carbocycles. The summed E-state index contributed by atoms with van der Waals surface area (Å²) in [6.45, 7) is 5.98. The average Bonchev–Trinajstić information content (AvgIpc) is 3.53. The van der Waals surface area contributed by atoms with E-state index in [9.17, 15) is 9.59 Å². The minimum Gasteiger partial charge on any atom is -0.462 e. The van der Waals surface area contributed by atoms with Crippen molar-refractivity contribution >= 4 is 45.9 Å². The van der Waals surface area contributed by atoms with Crippen molar-refractivity contribution in [3.63, 3.8) is 0 Å². The van der Waals surface area contributed by atoms with Crippen LogP contribution in [-0.4, -0.2) is 52.1 Å². The number of aryl methyl sites for hydroxylation is 1. The van der Waals surface area contributed by atoms with Crippen LogP contribution in [0.25, 0.3) is 5.69 Å². The fraction of sp³-hybridized carbons (Fsp3) is 0.364. The minimum atomic E-state index is -0.439. The van der Waals surface area contributed by atoms with Gasteiger partial charge in [0.1, 0.15) is 5.00 Å². The second kappa shape index (κ2) is 10.2. The van der Waals surface area contributed by atoms with Gasteiger partial charge in [0.25, 0.3) is 0 Å². The van der Waals surface area contributed by atoms with Crippen molar-refractivity contribution in [2.45, 2.75) is 31.8 Å². The van der Waals surface area contributed by atoms with Gasteiger partial charge in [0.15, 0.2) is 5.16 Å². The topological polar surface area (TPSA) is 89.3 Å². The molecule has 8 nitrogen and oxygen atoms in total. The van der Waals surface area contributed by atoms with Gasteiger partial charge in [0.2, 0.25) is 11.9 Å². The third-order valence-electron chi connectivity index (χ3n) is 5.04. The maximum absolute atomic E-state index is 12.6. The summed E-state index contributed by atoms with van der Waals surface area (Å²) in [5.41, 5.74) is 2.51. The van der Waals surface area contributed by atoms with Gasteiger partial charge < -0.3 is 15.0 Å². The molecule has 32 heavy (non-hydrogen) atoms. The highest BCUT2D eigenvalue weighted by atomic mass is 32.2. The minimum absolute atomic E-state index is 0.143. The molecule has 0 bridgehead atoms. The Kier molecular flexibility index (Phi) is 7.11. The molecule has 0 atom stereocenters. The molecule has 1 aromatic carbocycles. The number of hydrogen-bond donors (Lipinski definition) is 1. The molecule has 0 unspecified atom stereocenters. The first kappa shape index (κ1) is 22.3. The van der Waals surface area contributed by atoms with Crippen LogP contribution >= 0.6 is 23.1 Å². The summed E-state index contributed by atoms with van der Waals surface area (Å²) in [6, 6.07) is 9.84. The van der Waals surface area contributed by atoms with Crippen LogP contribution in [0.5, 0.6) is 0 Å². The van der Waals surface area contributed by atoms with E-state index in [1.54, 1.807) is 18.4 Å². The first-order valence-corrected chi connectivity index (χ1v) is 12.4. The lowest BCUT2D eigenvalue weighted by molar-refractivity contribution is -0.113. The highest BCUT2D eigenvalue weighted by molar-refractivity contribution is 7.99. The van der Waals surface area contributed by atoms with Crippen molar-refractivity contribution < 1.29 is 14.3 Å². The van der Waals surface area contributed by atoms with E-state index in [-0.39, 0.29) is 18.3 Å². The van der Waals surface area contributed by atoms with Gasteiger partial charge >= 0.3 is 5.97 Å².